The van der Waals surface area contributed by atoms with Crippen LogP contribution in [0.5, 0.6) is 0 Å². The Morgan fingerprint density at radius 1 is 1.16 bits per heavy atom. The lowest BCUT2D eigenvalue weighted by Gasteiger charge is -2.27. The molecule has 112 valence electrons. The SMILES string of the molecule is CCC(C)CC(CC)NCCC(=O)N1CCCCC1. The van der Waals surface area contributed by atoms with Crippen LogP contribution in [-0.4, -0.2) is 36.5 Å². The third-order valence-electron chi connectivity index (χ3n) is 4.36. The van der Waals surface area contributed by atoms with Crippen LogP contribution in [-0.2, 0) is 4.79 Å². The summed E-state index contributed by atoms with van der Waals surface area (Å²) in [6, 6.07) is 0.573. The highest BCUT2D eigenvalue weighted by molar-refractivity contribution is 5.76. The van der Waals surface area contributed by atoms with Gasteiger partial charge in [-0.3, -0.25) is 4.79 Å². The van der Waals surface area contributed by atoms with Crippen molar-refractivity contribution in [2.45, 2.75) is 71.8 Å². The Labute approximate surface area is 119 Å². The molecule has 0 aromatic heterocycles. The molecule has 1 rings (SSSR count). The van der Waals surface area contributed by atoms with Gasteiger partial charge in [0, 0.05) is 32.1 Å². The average Bonchev–Trinajstić information content (AvgIpc) is 2.46. The molecule has 3 nitrogen and oxygen atoms in total. The van der Waals surface area contributed by atoms with Crippen LogP contribution >= 0.6 is 0 Å². The summed E-state index contributed by atoms with van der Waals surface area (Å²) in [5, 5.41) is 3.56. The van der Waals surface area contributed by atoms with Gasteiger partial charge < -0.3 is 10.2 Å². The first-order valence-electron chi connectivity index (χ1n) is 8.18. The summed E-state index contributed by atoms with van der Waals surface area (Å²) in [4.78, 5) is 14.1. The lowest BCUT2D eigenvalue weighted by molar-refractivity contribution is -0.132. The van der Waals surface area contributed by atoms with Crippen LogP contribution < -0.4 is 5.32 Å². The number of amides is 1. The van der Waals surface area contributed by atoms with Crippen molar-refractivity contribution >= 4 is 5.91 Å². The van der Waals surface area contributed by atoms with E-state index in [4.69, 9.17) is 0 Å². The Morgan fingerprint density at radius 2 is 1.84 bits per heavy atom. The van der Waals surface area contributed by atoms with E-state index in [2.05, 4.69) is 26.1 Å². The molecule has 1 saturated heterocycles. The van der Waals surface area contributed by atoms with Crippen molar-refractivity contribution in [3.8, 4) is 0 Å². The first-order valence-corrected chi connectivity index (χ1v) is 8.18. The number of nitrogens with one attached hydrogen (secondary N) is 1. The predicted octanol–water partition coefficient (Wildman–Crippen LogP) is 3.19. The van der Waals surface area contributed by atoms with Gasteiger partial charge >= 0.3 is 0 Å². The fraction of sp³-hybridized carbons (Fsp3) is 0.938. The Kier molecular flexibility index (Phi) is 8.11. The number of hydrogen-bond acceptors (Lipinski definition) is 2. The van der Waals surface area contributed by atoms with E-state index in [0.717, 1.165) is 32.0 Å². The second kappa shape index (κ2) is 9.35. The molecule has 0 aliphatic carbocycles. The van der Waals surface area contributed by atoms with Crippen molar-refractivity contribution in [3.63, 3.8) is 0 Å². The lowest BCUT2D eigenvalue weighted by Crippen LogP contribution is -2.38. The second-order valence-corrected chi connectivity index (χ2v) is 6.00. The summed E-state index contributed by atoms with van der Waals surface area (Å²) in [6.07, 6.45) is 7.94. The molecular weight excluding hydrogens is 236 g/mol. The Balaban J connectivity index is 2.18. The van der Waals surface area contributed by atoms with E-state index >= 15 is 0 Å². The molecule has 1 amide bonds. The van der Waals surface area contributed by atoms with E-state index in [9.17, 15) is 4.79 Å². The summed E-state index contributed by atoms with van der Waals surface area (Å²) in [5.41, 5.74) is 0. The third-order valence-corrected chi connectivity index (χ3v) is 4.36. The number of carbonyl (C=O) groups excluding carboxylic acids is 1. The van der Waals surface area contributed by atoms with Gasteiger partial charge in [0.25, 0.3) is 0 Å². The Morgan fingerprint density at radius 3 is 2.42 bits per heavy atom. The number of nitrogens with zero attached hydrogens (tertiary/aromatic N) is 1. The van der Waals surface area contributed by atoms with Crippen molar-refractivity contribution in [1.29, 1.82) is 0 Å². The maximum absolute atomic E-state index is 12.0. The molecule has 2 unspecified atom stereocenters. The van der Waals surface area contributed by atoms with Gasteiger partial charge in [-0.15, -0.1) is 0 Å². The third kappa shape index (κ3) is 6.42. The molecule has 0 saturated carbocycles. The van der Waals surface area contributed by atoms with E-state index in [1.165, 1.54) is 32.1 Å². The van der Waals surface area contributed by atoms with Crippen LogP contribution in [0.15, 0.2) is 0 Å². The lowest BCUT2D eigenvalue weighted by atomic mass is 9.98. The Bertz CT molecular complexity index is 249. The van der Waals surface area contributed by atoms with Crippen molar-refractivity contribution < 1.29 is 4.79 Å². The molecule has 2 atom stereocenters. The van der Waals surface area contributed by atoms with Gasteiger partial charge in [-0.25, -0.2) is 0 Å². The summed E-state index contributed by atoms with van der Waals surface area (Å²) < 4.78 is 0. The fourth-order valence-electron chi connectivity index (χ4n) is 2.73. The molecule has 0 spiro atoms. The number of carbonyl (C=O) groups is 1. The van der Waals surface area contributed by atoms with E-state index in [-0.39, 0.29) is 0 Å². The monoisotopic (exact) mass is 268 g/mol. The molecule has 3 heteroatoms. The molecule has 0 aromatic rings. The van der Waals surface area contributed by atoms with Gasteiger partial charge in [0.2, 0.25) is 5.91 Å². The number of likely N-dealkylation sites (tertiary alicyclic amines) is 1. The van der Waals surface area contributed by atoms with Crippen LogP contribution in [0.4, 0.5) is 0 Å². The molecule has 1 N–H and O–H groups in total. The minimum Gasteiger partial charge on any atom is -0.343 e. The maximum atomic E-state index is 12.0. The highest BCUT2D eigenvalue weighted by Crippen LogP contribution is 2.12. The smallest absolute Gasteiger partial charge is 0.223 e. The maximum Gasteiger partial charge on any atom is 0.223 e. The van der Waals surface area contributed by atoms with Crippen molar-refractivity contribution in [2.24, 2.45) is 5.92 Å². The first kappa shape index (κ1) is 16.5. The van der Waals surface area contributed by atoms with E-state index in [0.29, 0.717) is 18.4 Å². The summed E-state index contributed by atoms with van der Waals surface area (Å²) in [6.45, 7) is 9.57. The van der Waals surface area contributed by atoms with Crippen LogP contribution in [0.3, 0.4) is 0 Å². The Hall–Kier alpha value is -0.570. The van der Waals surface area contributed by atoms with Crippen LogP contribution in [0.25, 0.3) is 0 Å². The van der Waals surface area contributed by atoms with E-state index in [1.54, 1.807) is 0 Å². The number of rotatable bonds is 8. The van der Waals surface area contributed by atoms with Gasteiger partial charge in [-0.05, 0) is 38.0 Å². The van der Waals surface area contributed by atoms with Gasteiger partial charge in [-0.1, -0.05) is 27.2 Å². The zero-order chi connectivity index (χ0) is 14.1. The van der Waals surface area contributed by atoms with Crippen molar-refractivity contribution in [3.05, 3.63) is 0 Å². The minimum atomic E-state index is 0.339. The molecular formula is C16H32N2O. The molecule has 1 aliphatic heterocycles. The summed E-state index contributed by atoms with van der Waals surface area (Å²) in [7, 11) is 0. The van der Waals surface area contributed by atoms with Gasteiger partial charge in [0.15, 0.2) is 0 Å². The molecule has 0 aromatic carbocycles. The summed E-state index contributed by atoms with van der Waals surface area (Å²) in [5.74, 6) is 1.11. The van der Waals surface area contributed by atoms with Gasteiger partial charge in [0.05, 0.1) is 0 Å². The highest BCUT2D eigenvalue weighted by Gasteiger charge is 2.16. The predicted molar refractivity (Wildman–Crippen MR) is 81.2 cm³/mol. The number of piperidine rings is 1. The highest BCUT2D eigenvalue weighted by atomic mass is 16.2. The zero-order valence-corrected chi connectivity index (χ0v) is 13.1. The second-order valence-electron chi connectivity index (χ2n) is 6.00. The fourth-order valence-corrected chi connectivity index (χ4v) is 2.73. The molecule has 0 bridgehead atoms. The van der Waals surface area contributed by atoms with Crippen LogP contribution in [0.1, 0.15) is 65.7 Å². The molecule has 1 heterocycles. The summed E-state index contributed by atoms with van der Waals surface area (Å²) >= 11 is 0. The van der Waals surface area contributed by atoms with E-state index < -0.39 is 0 Å². The van der Waals surface area contributed by atoms with Gasteiger partial charge in [0.1, 0.15) is 0 Å². The molecule has 1 aliphatic rings. The molecule has 0 radical (unpaired) electrons. The van der Waals surface area contributed by atoms with Gasteiger partial charge in [-0.2, -0.15) is 0 Å². The largest absolute Gasteiger partial charge is 0.343 e. The number of hydrogen-bond donors (Lipinski definition) is 1. The normalized spacial score (nSPS) is 19.2. The zero-order valence-electron chi connectivity index (χ0n) is 13.1. The molecule has 1 fully saturated rings. The first-order chi connectivity index (χ1) is 9.17. The van der Waals surface area contributed by atoms with Crippen molar-refractivity contribution in [2.75, 3.05) is 19.6 Å². The minimum absolute atomic E-state index is 0.339. The standard InChI is InChI=1S/C16H32N2O/c1-4-14(3)13-15(5-2)17-10-9-16(19)18-11-7-6-8-12-18/h14-15,17H,4-13H2,1-3H3. The molecule has 19 heavy (non-hydrogen) atoms. The van der Waals surface area contributed by atoms with Crippen LogP contribution in [0.2, 0.25) is 0 Å². The van der Waals surface area contributed by atoms with Crippen molar-refractivity contribution in [1.82, 2.24) is 10.2 Å². The average molecular weight is 268 g/mol. The quantitative estimate of drug-likeness (QED) is 0.733. The van der Waals surface area contributed by atoms with E-state index in [1.807, 2.05) is 4.90 Å². The van der Waals surface area contributed by atoms with Crippen LogP contribution in [0, 0.1) is 5.92 Å². The topological polar surface area (TPSA) is 32.3 Å².